The molecule has 0 bridgehead atoms. The second kappa shape index (κ2) is 26.9. The van der Waals surface area contributed by atoms with Gasteiger partial charge in [-0.15, -0.1) is 0 Å². The van der Waals surface area contributed by atoms with E-state index < -0.39 is 18.2 Å². The molecular weight excluding hydrogens is 450 g/mol. The third-order valence-electron chi connectivity index (χ3n) is 6.78. The minimum absolute atomic E-state index is 0.0700. The molecule has 0 rings (SSSR count). The molecule has 0 spiro atoms. The first-order valence-corrected chi connectivity index (χ1v) is 15.1. The molecule has 0 heterocycles. The SMILES string of the molecule is CCCCCCCC/C=C\C/C=C\C(O)CC(=O)NC(CO)C(O)CCCCCCCCCCCC. The predicted octanol–water partition coefficient (Wildman–Crippen LogP) is 7.14. The van der Waals surface area contributed by atoms with Crippen LogP contribution in [0, 0.1) is 0 Å². The van der Waals surface area contributed by atoms with Crippen LogP contribution in [0.1, 0.15) is 142 Å². The quantitative estimate of drug-likeness (QED) is 0.0737. The molecule has 0 aromatic carbocycles. The molecule has 0 aliphatic heterocycles. The van der Waals surface area contributed by atoms with Gasteiger partial charge in [-0.05, 0) is 25.7 Å². The summed E-state index contributed by atoms with van der Waals surface area (Å²) in [6.07, 6.45) is 28.6. The molecule has 4 N–H and O–H groups in total. The number of amides is 1. The third kappa shape index (κ3) is 23.2. The van der Waals surface area contributed by atoms with Crippen LogP contribution < -0.4 is 5.32 Å². The first-order chi connectivity index (χ1) is 17.5. The fourth-order valence-corrected chi connectivity index (χ4v) is 4.40. The number of unbranched alkanes of at least 4 members (excludes halogenated alkanes) is 15. The van der Waals surface area contributed by atoms with Crippen LogP contribution in [-0.4, -0.2) is 46.1 Å². The Hall–Kier alpha value is -1.17. The van der Waals surface area contributed by atoms with Crippen molar-refractivity contribution in [3.63, 3.8) is 0 Å². The van der Waals surface area contributed by atoms with E-state index in [0.29, 0.717) is 6.42 Å². The monoisotopic (exact) mass is 509 g/mol. The van der Waals surface area contributed by atoms with Gasteiger partial charge in [0, 0.05) is 0 Å². The summed E-state index contributed by atoms with van der Waals surface area (Å²) in [5.74, 6) is -0.355. The number of hydrogen-bond donors (Lipinski definition) is 4. The highest BCUT2D eigenvalue weighted by Gasteiger charge is 2.21. The highest BCUT2D eigenvalue weighted by molar-refractivity contribution is 5.77. The minimum Gasteiger partial charge on any atom is -0.394 e. The molecule has 0 aromatic rings. The third-order valence-corrected chi connectivity index (χ3v) is 6.78. The zero-order valence-corrected chi connectivity index (χ0v) is 23.6. The molecule has 5 heteroatoms. The molecule has 0 aromatic heterocycles. The zero-order valence-electron chi connectivity index (χ0n) is 23.6. The number of aliphatic hydroxyl groups excluding tert-OH is 3. The van der Waals surface area contributed by atoms with Crippen molar-refractivity contribution in [3.8, 4) is 0 Å². The molecule has 0 aliphatic rings. The lowest BCUT2D eigenvalue weighted by atomic mass is 10.0. The number of hydrogen-bond acceptors (Lipinski definition) is 4. The van der Waals surface area contributed by atoms with Crippen molar-refractivity contribution in [2.75, 3.05) is 6.61 Å². The Kier molecular flexibility index (Phi) is 26.0. The van der Waals surface area contributed by atoms with Crippen molar-refractivity contribution >= 4 is 5.91 Å². The molecule has 36 heavy (non-hydrogen) atoms. The maximum absolute atomic E-state index is 12.2. The summed E-state index contributed by atoms with van der Waals surface area (Å²) in [5.41, 5.74) is 0. The Bertz CT molecular complexity index is 535. The fourth-order valence-electron chi connectivity index (χ4n) is 4.40. The van der Waals surface area contributed by atoms with Crippen molar-refractivity contribution in [3.05, 3.63) is 24.3 Å². The largest absolute Gasteiger partial charge is 0.394 e. The van der Waals surface area contributed by atoms with Gasteiger partial charge < -0.3 is 20.6 Å². The first kappa shape index (κ1) is 34.8. The lowest BCUT2D eigenvalue weighted by Gasteiger charge is -2.22. The first-order valence-electron chi connectivity index (χ1n) is 15.1. The van der Waals surface area contributed by atoms with Crippen LogP contribution in [0.2, 0.25) is 0 Å². The molecule has 0 saturated heterocycles. The van der Waals surface area contributed by atoms with Crippen LogP contribution in [0.15, 0.2) is 24.3 Å². The molecule has 0 fully saturated rings. The smallest absolute Gasteiger partial charge is 0.223 e. The fraction of sp³-hybridized carbons (Fsp3) is 0.839. The van der Waals surface area contributed by atoms with Crippen LogP contribution >= 0.6 is 0 Å². The van der Waals surface area contributed by atoms with Crippen LogP contribution in [0.5, 0.6) is 0 Å². The van der Waals surface area contributed by atoms with E-state index >= 15 is 0 Å². The van der Waals surface area contributed by atoms with Gasteiger partial charge in [-0.2, -0.15) is 0 Å². The molecule has 5 nitrogen and oxygen atoms in total. The van der Waals surface area contributed by atoms with Crippen LogP contribution in [0.3, 0.4) is 0 Å². The second-order valence-electron chi connectivity index (χ2n) is 10.4. The number of rotatable bonds is 26. The summed E-state index contributed by atoms with van der Waals surface area (Å²) in [6, 6.07) is -0.683. The van der Waals surface area contributed by atoms with Crippen molar-refractivity contribution < 1.29 is 20.1 Å². The summed E-state index contributed by atoms with van der Waals surface area (Å²) in [7, 11) is 0. The molecule has 3 atom stereocenters. The van der Waals surface area contributed by atoms with E-state index in [-0.39, 0.29) is 18.9 Å². The highest BCUT2D eigenvalue weighted by atomic mass is 16.3. The van der Waals surface area contributed by atoms with E-state index in [1.54, 1.807) is 6.08 Å². The minimum atomic E-state index is -0.865. The maximum Gasteiger partial charge on any atom is 0.223 e. The number of carbonyl (C=O) groups is 1. The van der Waals surface area contributed by atoms with E-state index in [2.05, 4.69) is 31.3 Å². The number of carbonyl (C=O) groups excluding carboxylic acids is 1. The maximum atomic E-state index is 12.2. The van der Waals surface area contributed by atoms with Crippen molar-refractivity contribution in [2.24, 2.45) is 0 Å². The highest BCUT2D eigenvalue weighted by Crippen LogP contribution is 2.13. The lowest BCUT2D eigenvalue weighted by molar-refractivity contribution is -0.124. The summed E-state index contributed by atoms with van der Waals surface area (Å²) in [5, 5.41) is 32.7. The van der Waals surface area contributed by atoms with E-state index in [0.717, 1.165) is 25.7 Å². The molecule has 212 valence electrons. The molecule has 1 amide bonds. The molecule has 0 aliphatic carbocycles. The summed E-state index contributed by atoms with van der Waals surface area (Å²) in [6.45, 7) is 4.16. The Labute approximate surface area is 222 Å². The Morgan fingerprint density at radius 2 is 1.25 bits per heavy atom. The zero-order chi connectivity index (χ0) is 26.7. The Morgan fingerprint density at radius 3 is 1.81 bits per heavy atom. The number of aliphatic hydroxyl groups is 3. The molecular formula is C31H59NO4. The average Bonchev–Trinajstić information content (AvgIpc) is 2.86. The topological polar surface area (TPSA) is 89.8 Å². The summed E-state index contributed by atoms with van der Waals surface area (Å²) in [4.78, 5) is 12.2. The van der Waals surface area contributed by atoms with Gasteiger partial charge in [-0.25, -0.2) is 0 Å². The van der Waals surface area contributed by atoms with Gasteiger partial charge in [-0.1, -0.05) is 134 Å². The number of allylic oxidation sites excluding steroid dienone is 3. The summed E-state index contributed by atoms with van der Waals surface area (Å²) >= 11 is 0. The van der Waals surface area contributed by atoms with E-state index in [9.17, 15) is 20.1 Å². The normalized spacial score (nSPS) is 14.5. The van der Waals surface area contributed by atoms with Gasteiger partial charge in [0.05, 0.1) is 31.3 Å². The van der Waals surface area contributed by atoms with Gasteiger partial charge >= 0.3 is 0 Å². The standard InChI is InChI=1S/C31H59NO4/c1-3-5-7-9-11-13-15-16-18-20-22-24-28(34)26-31(36)32-29(27-33)30(35)25-23-21-19-17-14-12-10-8-6-4-2/h16,18,22,24,28-30,33-35H,3-15,17,19-21,23,25-27H2,1-2H3,(H,32,36)/b18-16-,24-22-. The van der Waals surface area contributed by atoms with Gasteiger partial charge in [0.15, 0.2) is 0 Å². The van der Waals surface area contributed by atoms with Crippen molar-refractivity contribution in [1.82, 2.24) is 5.32 Å². The predicted molar refractivity (Wildman–Crippen MR) is 153 cm³/mol. The van der Waals surface area contributed by atoms with E-state index in [4.69, 9.17) is 0 Å². The van der Waals surface area contributed by atoms with Crippen LogP contribution in [-0.2, 0) is 4.79 Å². The van der Waals surface area contributed by atoms with Gasteiger partial charge in [0.2, 0.25) is 5.91 Å². The average molecular weight is 510 g/mol. The second-order valence-corrected chi connectivity index (χ2v) is 10.4. The van der Waals surface area contributed by atoms with E-state index in [1.807, 2.05) is 6.08 Å². The van der Waals surface area contributed by atoms with Gasteiger partial charge in [0.25, 0.3) is 0 Å². The molecule has 0 radical (unpaired) electrons. The lowest BCUT2D eigenvalue weighted by Crippen LogP contribution is -2.46. The molecule has 3 unspecified atom stereocenters. The summed E-state index contributed by atoms with van der Waals surface area (Å²) < 4.78 is 0. The Balaban J connectivity index is 3.89. The number of nitrogens with one attached hydrogen (secondary N) is 1. The van der Waals surface area contributed by atoms with Crippen molar-refractivity contribution in [2.45, 2.75) is 161 Å². The molecule has 0 saturated carbocycles. The Morgan fingerprint density at radius 1 is 0.722 bits per heavy atom. The van der Waals surface area contributed by atoms with Gasteiger partial charge in [-0.3, -0.25) is 4.79 Å². The van der Waals surface area contributed by atoms with Gasteiger partial charge in [0.1, 0.15) is 0 Å². The van der Waals surface area contributed by atoms with E-state index in [1.165, 1.54) is 89.9 Å². The van der Waals surface area contributed by atoms with Crippen molar-refractivity contribution in [1.29, 1.82) is 0 Å². The van der Waals surface area contributed by atoms with Crippen LogP contribution in [0.4, 0.5) is 0 Å². The van der Waals surface area contributed by atoms with Crippen LogP contribution in [0.25, 0.3) is 0 Å².